The minimum absolute atomic E-state index is 0. The van der Waals surface area contributed by atoms with Gasteiger partial charge in [-0.3, -0.25) is 0 Å². The fourth-order valence-electron chi connectivity index (χ4n) is 0. The van der Waals surface area contributed by atoms with Crippen molar-refractivity contribution >= 4 is 95.9 Å². The lowest BCUT2D eigenvalue weighted by molar-refractivity contribution is -0.849. The predicted molar refractivity (Wildman–Crippen MR) is 85.6 cm³/mol. The van der Waals surface area contributed by atoms with Crippen LogP contribution >= 0.6 is 95.9 Å². The summed E-state index contributed by atoms with van der Waals surface area (Å²) in [6, 6.07) is 0. The first-order chi connectivity index (χ1) is 2.00. The highest BCUT2D eigenvalue weighted by Gasteiger charge is 1.88. The lowest BCUT2D eigenvalue weighted by Crippen LogP contribution is -2.27. The van der Waals surface area contributed by atoms with Gasteiger partial charge in [-0.1, -0.05) is 0 Å². The Hall–Kier alpha value is 2.88. The lowest BCUT2D eigenvalue weighted by atomic mass is 10.8. The van der Waals surface area contributed by atoms with Gasteiger partial charge in [0.25, 0.3) is 0 Å². The first-order valence-electron chi connectivity index (χ1n) is 1.79. The largest absolute Gasteiger partial charge is 0.333 e. The van der Waals surface area contributed by atoms with E-state index in [1.54, 1.807) is 0 Å². The molecule has 5 heteroatoms. The Bertz CT molecular complexity index is 28.0. The molecule has 0 fully saturated rings. The van der Waals surface area contributed by atoms with E-state index in [9.17, 15) is 0 Å². The van der Waals surface area contributed by atoms with Gasteiger partial charge >= 0.3 is 0 Å². The van der Waals surface area contributed by atoms with Crippen molar-refractivity contribution in [3.8, 4) is 0 Å². The second kappa shape index (κ2) is 13.5. The Morgan fingerprint density at radius 3 is 0.556 bits per heavy atom. The molecule has 0 saturated heterocycles. The monoisotopic (exact) mass is 586 g/mol. The van der Waals surface area contributed by atoms with Crippen molar-refractivity contribution in [2.24, 2.45) is 0 Å². The molecule has 0 heterocycles. The molecular formula is C4H16I4N+. The van der Waals surface area contributed by atoms with Crippen LogP contribution in [0, 0.1) is 0 Å². The minimum Gasteiger partial charge on any atom is -0.333 e. The average molecular weight is 586 g/mol. The quantitative estimate of drug-likeness (QED) is 0.303. The zero-order valence-corrected chi connectivity index (χ0v) is 15.4. The first-order valence-corrected chi connectivity index (χ1v) is 1.79. The molecule has 0 atom stereocenters. The van der Waals surface area contributed by atoms with Crippen LogP contribution in [0.15, 0.2) is 0 Å². The van der Waals surface area contributed by atoms with Crippen LogP contribution in [0.5, 0.6) is 0 Å². The number of hydrogen-bond donors (Lipinski definition) is 0. The molecule has 0 aliphatic rings. The van der Waals surface area contributed by atoms with Gasteiger partial charge in [0.2, 0.25) is 0 Å². The van der Waals surface area contributed by atoms with Gasteiger partial charge in [0.1, 0.15) is 0 Å². The van der Waals surface area contributed by atoms with Crippen molar-refractivity contribution in [2.45, 2.75) is 0 Å². The summed E-state index contributed by atoms with van der Waals surface area (Å²) >= 11 is 0. The van der Waals surface area contributed by atoms with Gasteiger partial charge in [0.15, 0.2) is 0 Å². The lowest BCUT2D eigenvalue weighted by Gasteiger charge is -2.14. The van der Waals surface area contributed by atoms with Crippen LogP contribution in [0.4, 0.5) is 0 Å². The summed E-state index contributed by atoms with van der Waals surface area (Å²) in [5.74, 6) is 0. The summed E-state index contributed by atoms with van der Waals surface area (Å²) < 4.78 is 1.00. The molecule has 0 aliphatic heterocycles. The number of hydrogen-bond acceptors (Lipinski definition) is 0. The van der Waals surface area contributed by atoms with E-state index in [0.717, 1.165) is 4.48 Å². The van der Waals surface area contributed by atoms with Gasteiger partial charge in [0.05, 0.1) is 28.2 Å². The van der Waals surface area contributed by atoms with Gasteiger partial charge in [-0.05, 0) is 0 Å². The molecule has 1 nitrogen and oxygen atoms in total. The van der Waals surface area contributed by atoms with Gasteiger partial charge in [0, 0.05) is 0 Å². The van der Waals surface area contributed by atoms with Crippen molar-refractivity contribution in [1.82, 2.24) is 0 Å². The van der Waals surface area contributed by atoms with Gasteiger partial charge in [-0.25, -0.2) is 0 Å². The molecule has 0 amide bonds. The summed E-state index contributed by atoms with van der Waals surface area (Å²) in [5.41, 5.74) is 0. The van der Waals surface area contributed by atoms with E-state index in [-0.39, 0.29) is 95.9 Å². The Morgan fingerprint density at radius 2 is 0.556 bits per heavy atom. The zero-order valence-electron chi connectivity index (χ0n) is 6.08. The van der Waals surface area contributed by atoms with Gasteiger partial charge in [-0.2, -0.15) is 0 Å². The van der Waals surface area contributed by atoms with Crippen LogP contribution in [0.2, 0.25) is 0 Å². The Balaban J connectivity index is -0.0000000133. The van der Waals surface area contributed by atoms with E-state index in [1.165, 1.54) is 0 Å². The molecule has 0 spiro atoms. The third kappa shape index (κ3) is 103. The topological polar surface area (TPSA) is 0 Å². The predicted octanol–water partition coefficient (Wildman–Crippen LogP) is 2.79. The van der Waals surface area contributed by atoms with Crippen LogP contribution in [0.3, 0.4) is 0 Å². The molecule has 0 unspecified atom stereocenters. The first kappa shape index (κ1) is 29.7. The van der Waals surface area contributed by atoms with Crippen LogP contribution in [0.25, 0.3) is 0 Å². The third-order valence-electron chi connectivity index (χ3n) is 0. The maximum Gasteiger partial charge on any atom is 0.0675 e. The third-order valence-corrected chi connectivity index (χ3v) is 0. The molecule has 0 aliphatic carbocycles. The SMILES string of the molecule is C[N+](C)(C)C.I.I.I.I. The average Bonchev–Trinajstić information content (AvgIpc) is 0.722. The van der Waals surface area contributed by atoms with Crippen molar-refractivity contribution in [3.63, 3.8) is 0 Å². The van der Waals surface area contributed by atoms with E-state index in [0.29, 0.717) is 0 Å². The van der Waals surface area contributed by atoms with Crippen LogP contribution in [0.1, 0.15) is 0 Å². The molecule has 0 radical (unpaired) electrons. The molecule has 0 saturated carbocycles. The Morgan fingerprint density at radius 1 is 0.556 bits per heavy atom. The number of nitrogens with zero attached hydrogens (tertiary/aromatic N) is 1. The van der Waals surface area contributed by atoms with Gasteiger partial charge < -0.3 is 4.48 Å². The maximum atomic E-state index is 2.12. The summed E-state index contributed by atoms with van der Waals surface area (Å²) in [5, 5.41) is 0. The number of quaternary nitrogens is 1. The van der Waals surface area contributed by atoms with E-state index >= 15 is 0 Å². The fraction of sp³-hybridized carbons (Fsp3) is 1.00. The van der Waals surface area contributed by atoms with Crippen molar-refractivity contribution in [1.29, 1.82) is 0 Å². The normalized spacial score (nSPS) is 6.67. The molecule has 0 aromatic carbocycles. The number of rotatable bonds is 0. The molecule has 0 aromatic rings. The molecule has 64 valence electrons. The van der Waals surface area contributed by atoms with E-state index in [4.69, 9.17) is 0 Å². The number of halogens is 4. The highest BCUT2D eigenvalue weighted by molar-refractivity contribution is 14.0. The maximum absolute atomic E-state index is 2.12. The molecule has 0 rings (SSSR count). The minimum atomic E-state index is 0. The van der Waals surface area contributed by atoms with Crippen LogP contribution in [-0.2, 0) is 0 Å². The summed E-state index contributed by atoms with van der Waals surface area (Å²) in [7, 11) is 8.50. The Kier molecular flexibility index (Phi) is 44.5. The molecule has 0 N–H and O–H groups in total. The zero-order chi connectivity index (χ0) is 4.50. The molecule has 9 heavy (non-hydrogen) atoms. The highest BCUT2D eigenvalue weighted by Crippen LogP contribution is 1.73. The van der Waals surface area contributed by atoms with E-state index in [1.807, 2.05) is 0 Å². The summed E-state index contributed by atoms with van der Waals surface area (Å²) in [6.07, 6.45) is 0. The summed E-state index contributed by atoms with van der Waals surface area (Å²) in [4.78, 5) is 0. The van der Waals surface area contributed by atoms with Crippen molar-refractivity contribution in [2.75, 3.05) is 28.2 Å². The molecular weight excluding hydrogens is 570 g/mol. The van der Waals surface area contributed by atoms with Crippen LogP contribution in [-0.4, -0.2) is 32.7 Å². The highest BCUT2D eigenvalue weighted by atomic mass is 127. The van der Waals surface area contributed by atoms with Crippen molar-refractivity contribution in [3.05, 3.63) is 0 Å². The molecule has 0 bridgehead atoms. The standard InChI is InChI=1S/C4H12N.4HI/c1-5(2,3)4;;;;/h1-4H3;4*1H/q+1;;;;. The smallest absolute Gasteiger partial charge is 0.0675 e. The second-order valence-corrected chi connectivity index (χ2v) is 2.68. The van der Waals surface area contributed by atoms with Crippen molar-refractivity contribution < 1.29 is 4.48 Å². The van der Waals surface area contributed by atoms with Crippen LogP contribution < -0.4 is 0 Å². The summed E-state index contributed by atoms with van der Waals surface area (Å²) in [6.45, 7) is 0. The Labute approximate surface area is 126 Å². The van der Waals surface area contributed by atoms with E-state index in [2.05, 4.69) is 28.2 Å². The van der Waals surface area contributed by atoms with Gasteiger partial charge in [-0.15, -0.1) is 95.9 Å². The molecule has 0 aromatic heterocycles. The fourth-order valence-corrected chi connectivity index (χ4v) is 0. The second-order valence-electron chi connectivity index (χ2n) is 2.68. The van der Waals surface area contributed by atoms with E-state index < -0.39 is 0 Å².